The van der Waals surface area contributed by atoms with Crippen LogP contribution in [0.15, 0.2) is 0 Å². The summed E-state index contributed by atoms with van der Waals surface area (Å²) in [7, 11) is 0. The first-order valence-corrected chi connectivity index (χ1v) is 5.05. The van der Waals surface area contributed by atoms with E-state index >= 15 is 0 Å². The Bertz CT molecular complexity index is 191. The molecule has 0 aliphatic carbocycles. The number of halogens is 5. The third-order valence-corrected chi connectivity index (χ3v) is 1.84. The predicted molar refractivity (Wildman–Crippen MR) is 51.6 cm³/mol. The van der Waals surface area contributed by atoms with Gasteiger partial charge in [0.25, 0.3) is 0 Å². The van der Waals surface area contributed by atoms with Crippen LogP contribution in [-0.4, -0.2) is 37.8 Å². The van der Waals surface area contributed by atoms with E-state index in [0.717, 1.165) is 0 Å². The Balaban J connectivity index is 3.59. The second-order valence-corrected chi connectivity index (χ2v) is 3.84. The van der Waals surface area contributed by atoms with Crippen LogP contribution in [0.1, 0.15) is 20.3 Å². The van der Waals surface area contributed by atoms with Crippen molar-refractivity contribution in [2.75, 3.05) is 19.6 Å². The first-order chi connectivity index (χ1) is 7.17. The van der Waals surface area contributed by atoms with Crippen molar-refractivity contribution in [3.8, 4) is 0 Å². The first-order valence-electron chi connectivity index (χ1n) is 5.05. The lowest BCUT2D eigenvalue weighted by Gasteiger charge is -2.19. The van der Waals surface area contributed by atoms with Crippen LogP contribution in [0, 0.1) is 0 Å². The lowest BCUT2D eigenvalue weighted by atomic mass is 10.3. The van der Waals surface area contributed by atoms with Gasteiger partial charge in [-0.15, -0.1) is 0 Å². The molecule has 0 aliphatic rings. The predicted octanol–water partition coefficient (Wildman–Crippen LogP) is 2.16. The molecular weight excluding hydrogens is 231 g/mol. The van der Waals surface area contributed by atoms with E-state index < -0.39 is 18.6 Å². The summed E-state index contributed by atoms with van der Waals surface area (Å²) in [6.45, 7) is 3.20. The summed E-state index contributed by atoms with van der Waals surface area (Å²) in [5, 5.41) is 5.12. The molecule has 2 N–H and O–H groups in total. The van der Waals surface area contributed by atoms with Crippen molar-refractivity contribution in [2.24, 2.45) is 0 Å². The summed E-state index contributed by atoms with van der Waals surface area (Å²) in [5.41, 5.74) is 0. The summed E-state index contributed by atoms with van der Waals surface area (Å²) in [6.07, 6.45) is -4.97. The molecule has 0 radical (unpaired) electrons. The van der Waals surface area contributed by atoms with Gasteiger partial charge >= 0.3 is 12.1 Å². The molecule has 0 aromatic rings. The lowest BCUT2D eigenvalue weighted by Crippen LogP contribution is -2.45. The van der Waals surface area contributed by atoms with Crippen molar-refractivity contribution in [3.63, 3.8) is 0 Å². The third kappa shape index (κ3) is 6.22. The van der Waals surface area contributed by atoms with E-state index in [2.05, 4.69) is 10.6 Å². The molecule has 0 unspecified atom stereocenters. The summed E-state index contributed by atoms with van der Waals surface area (Å²) < 4.78 is 59.9. The van der Waals surface area contributed by atoms with Crippen molar-refractivity contribution < 1.29 is 22.0 Å². The topological polar surface area (TPSA) is 24.1 Å². The summed E-state index contributed by atoms with van der Waals surface area (Å²) >= 11 is 0. The van der Waals surface area contributed by atoms with Crippen LogP contribution in [0.4, 0.5) is 22.0 Å². The molecule has 0 fully saturated rings. The van der Waals surface area contributed by atoms with Gasteiger partial charge in [-0.3, -0.25) is 0 Å². The molecule has 0 saturated carbocycles. The van der Waals surface area contributed by atoms with Crippen LogP contribution in [0.3, 0.4) is 0 Å². The molecule has 0 aliphatic heterocycles. The molecule has 0 atom stereocenters. The Labute approximate surface area is 91.6 Å². The first kappa shape index (κ1) is 15.6. The minimum absolute atomic E-state index is 0.130. The van der Waals surface area contributed by atoms with Gasteiger partial charge in [-0.05, 0) is 19.5 Å². The van der Waals surface area contributed by atoms with E-state index in [9.17, 15) is 22.0 Å². The van der Waals surface area contributed by atoms with Crippen molar-refractivity contribution in [1.82, 2.24) is 10.6 Å². The van der Waals surface area contributed by atoms with E-state index in [0.29, 0.717) is 13.0 Å². The van der Waals surface area contributed by atoms with Crippen LogP contribution < -0.4 is 10.6 Å². The van der Waals surface area contributed by atoms with Crippen LogP contribution in [0.25, 0.3) is 0 Å². The molecular formula is C9H17F5N2. The fourth-order valence-corrected chi connectivity index (χ4v) is 0.950. The zero-order valence-corrected chi connectivity index (χ0v) is 9.30. The largest absolute Gasteiger partial charge is 0.454 e. The quantitative estimate of drug-likeness (QED) is 0.533. The molecule has 0 bridgehead atoms. The average Bonchev–Trinajstić information content (AvgIpc) is 2.08. The van der Waals surface area contributed by atoms with Crippen LogP contribution in [-0.2, 0) is 0 Å². The van der Waals surface area contributed by atoms with Gasteiger partial charge < -0.3 is 10.6 Å². The fraction of sp³-hybridized carbons (Fsp3) is 1.00. The van der Waals surface area contributed by atoms with E-state index in [-0.39, 0.29) is 12.6 Å². The molecule has 98 valence electrons. The lowest BCUT2D eigenvalue weighted by molar-refractivity contribution is -0.279. The second kappa shape index (κ2) is 6.34. The van der Waals surface area contributed by atoms with Gasteiger partial charge in [0.1, 0.15) is 0 Å². The number of hydrogen-bond acceptors (Lipinski definition) is 2. The van der Waals surface area contributed by atoms with E-state index in [1.54, 1.807) is 0 Å². The maximum absolute atomic E-state index is 12.4. The van der Waals surface area contributed by atoms with Gasteiger partial charge in [-0.2, -0.15) is 22.0 Å². The molecule has 0 rings (SSSR count). The van der Waals surface area contributed by atoms with Gasteiger partial charge in [-0.25, -0.2) is 0 Å². The molecule has 0 heterocycles. The second-order valence-electron chi connectivity index (χ2n) is 3.84. The third-order valence-electron chi connectivity index (χ3n) is 1.84. The normalized spacial score (nSPS) is 13.5. The highest BCUT2D eigenvalue weighted by Crippen LogP contribution is 2.34. The van der Waals surface area contributed by atoms with Gasteiger partial charge in [0, 0.05) is 6.04 Å². The van der Waals surface area contributed by atoms with Gasteiger partial charge in [0.15, 0.2) is 0 Å². The Morgan fingerprint density at radius 1 is 1.00 bits per heavy atom. The standard InChI is InChI=1S/C9H17F5N2/c1-7(2)16-5-3-4-15-6-8(10,11)9(12,13)14/h7,15-16H,3-6H2,1-2H3. The van der Waals surface area contributed by atoms with Gasteiger partial charge in [-0.1, -0.05) is 13.8 Å². The molecule has 2 nitrogen and oxygen atoms in total. The Morgan fingerprint density at radius 3 is 2.00 bits per heavy atom. The minimum atomic E-state index is -5.48. The number of alkyl halides is 5. The molecule has 0 spiro atoms. The molecule has 0 aromatic carbocycles. The van der Waals surface area contributed by atoms with Crippen LogP contribution >= 0.6 is 0 Å². The van der Waals surface area contributed by atoms with Crippen molar-refractivity contribution in [1.29, 1.82) is 0 Å². The average molecular weight is 248 g/mol. The zero-order valence-electron chi connectivity index (χ0n) is 9.30. The summed E-state index contributed by atoms with van der Waals surface area (Å²) in [4.78, 5) is 0. The van der Waals surface area contributed by atoms with Crippen molar-refractivity contribution in [2.45, 2.75) is 38.4 Å². The number of hydrogen-bond donors (Lipinski definition) is 2. The van der Waals surface area contributed by atoms with Crippen molar-refractivity contribution in [3.05, 3.63) is 0 Å². The molecule has 0 amide bonds. The highest BCUT2D eigenvalue weighted by Gasteiger charge is 2.56. The van der Waals surface area contributed by atoms with Gasteiger partial charge in [0.2, 0.25) is 0 Å². The van der Waals surface area contributed by atoms with E-state index in [4.69, 9.17) is 0 Å². The smallest absolute Gasteiger partial charge is 0.314 e. The fourth-order valence-electron chi connectivity index (χ4n) is 0.950. The SMILES string of the molecule is CC(C)NCCCNCC(F)(F)C(F)(F)F. The monoisotopic (exact) mass is 248 g/mol. The van der Waals surface area contributed by atoms with Crippen molar-refractivity contribution >= 4 is 0 Å². The Kier molecular flexibility index (Phi) is 6.17. The summed E-state index contributed by atoms with van der Waals surface area (Å²) in [6, 6.07) is 0.275. The molecule has 0 aromatic heterocycles. The van der Waals surface area contributed by atoms with E-state index in [1.165, 1.54) is 0 Å². The van der Waals surface area contributed by atoms with Crippen LogP contribution in [0.5, 0.6) is 0 Å². The van der Waals surface area contributed by atoms with E-state index in [1.807, 2.05) is 13.8 Å². The molecule has 0 saturated heterocycles. The molecule has 16 heavy (non-hydrogen) atoms. The maximum atomic E-state index is 12.4. The van der Waals surface area contributed by atoms with Gasteiger partial charge in [0.05, 0.1) is 6.54 Å². The number of rotatable bonds is 7. The highest BCUT2D eigenvalue weighted by atomic mass is 19.4. The zero-order chi connectivity index (χ0) is 12.8. The number of nitrogens with one attached hydrogen (secondary N) is 2. The molecule has 7 heteroatoms. The Morgan fingerprint density at radius 2 is 1.56 bits per heavy atom. The summed E-state index contributed by atoms with van der Waals surface area (Å²) in [5.74, 6) is -4.65. The highest BCUT2D eigenvalue weighted by molar-refractivity contribution is 4.78. The van der Waals surface area contributed by atoms with Crippen LogP contribution in [0.2, 0.25) is 0 Å². The minimum Gasteiger partial charge on any atom is -0.314 e. The maximum Gasteiger partial charge on any atom is 0.454 e. The Hall–Kier alpha value is -0.430.